The van der Waals surface area contributed by atoms with Gasteiger partial charge in [-0.2, -0.15) is 0 Å². The Bertz CT molecular complexity index is 925. The third kappa shape index (κ3) is 3.94. The summed E-state index contributed by atoms with van der Waals surface area (Å²) in [6.07, 6.45) is 4.19. The highest BCUT2D eigenvalue weighted by molar-refractivity contribution is 6.32. The van der Waals surface area contributed by atoms with E-state index in [2.05, 4.69) is 10.3 Å². The molecule has 1 atom stereocenters. The van der Waals surface area contributed by atoms with E-state index in [1.807, 2.05) is 42.5 Å². The molecule has 0 aliphatic carbocycles. The molecule has 1 unspecified atom stereocenters. The molecule has 0 radical (unpaired) electrons. The van der Waals surface area contributed by atoms with Crippen molar-refractivity contribution in [2.75, 3.05) is 13.2 Å². The first-order valence-electron chi connectivity index (χ1n) is 9.07. The first-order valence-corrected chi connectivity index (χ1v) is 9.45. The molecule has 2 aromatic carbocycles. The van der Waals surface area contributed by atoms with Crippen LogP contribution >= 0.6 is 11.6 Å². The number of benzene rings is 2. The van der Waals surface area contributed by atoms with Crippen molar-refractivity contribution in [3.63, 3.8) is 0 Å². The second kappa shape index (κ2) is 8.31. The minimum atomic E-state index is -0.313. The lowest BCUT2D eigenvalue weighted by Gasteiger charge is -2.20. The minimum Gasteiger partial charge on any atom is -0.489 e. The van der Waals surface area contributed by atoms with E-state index < -0.39 is 0 Å². The van der Waals surface area contributed by atoms with Crippen molar-refractivity contribution in [3.8, 4) is 11.5 Å². The smallest absolute Gasteiger partial charge is 0.252 e. The van der Waals surface area contributed by atoms with Gasteiger partial charge in [0, 0.05) is 24.4 Å². The quantitative estimate of drug-likeness (QED) is 0.711. The molecule has 0 saturated carbocycles. The maximum absolute atomic E-state index is 13.0. The van der Waals surface area contributed by atoms with Gasteiger partial charge in [0.2, 0.25) is 0 Å². The van der Waals surface area contributed by atoms with Gasteiger partial charge in [-0.3, -0.25) is 9.78 Å². The number of carbonyl (C=O) groups excluding carboxylic acids is 1. The average Bonchev–Trinajstić information content (AvgIpc) is 2.99. The standard InChI is InChI=1S/C22H19ClN2O3/c23-18-13-17(14-19-21(18)28-12-4-11-27-19)22(26)25-20(15-5-2-1-3-6-15)16-7-9-24-10-8-16/h1-3,5-10,13-14,20H,4,11-12H2,(H,25,26). The second-order valence-electron chi connectivity index (χ2n) is 6.43. The first kappa shape index (κ1) is 18.3. The number of nitrogens with one attached hydrogen (secondary N) is 1. The lowest BCUT2D eigenvalue weighted by Crippen LogP contribution is -2.29. The number of ether oxygens (including phenoxy) is 2. The maximum Gasteiger partial charge on any atom is 0.252 e. The molecule has 4 rings (SSSR count). The Kier molecular flexibility index (Phi) is 5.44. The van der Waals surface area contributed by atoms with E-state index in [0.717, 1.165) is 17.5 Å². The van der Waals surface area contributed by atoms with Crippen LogP contribution in [0.25, 0.3) is 0 Å². The van der Waals surface area contributed by atoms with Gasteiger partial charge >= 0.3 is 0 Å². The molecule has 1 amide bonds. The summed E-state index contributed by atoms with van der Waals surface area (Å²) < 4.78 is 11.3. The summed E-state index contributed by atoms with van der Waals surface area (Å²) in [6.45, 7) is 1.06. The molecule has 0 bridgehead atoms. The lowest BCUT2D eigenvalue weighted by atomic mass is 9.99. The van der Waals surface area contributed by atoms with Gasteiger partial charge in [0.05, 0.1) is 24.3 Å². The molecule has 1 aliphatic heterocycles. The van der Waals surface area contributed by atoms with Gasteiger partial charge in [-0.05, 0) is 35.4 Å². The van der Waals surface area contributed by atoms with E-state index in [1.54, 1.807) is 24.5 Å². The molecule has 1 N–H and O–H groups in total. The Morgan fingerprint density at radius 1 is 1.00 bits per heavy atom. The van der Waals surface area contributed by atoms with Gasteiger partial charge in [-0.15, -0.1) is 0 Å². The lowest BCUT2D eigenvalue weighted by molar-refractivity contribution is 0.0942. The average molecular weight is 395 g/mol. The number of aromatic nitrogens is 1. The van der Waals surface area contributed by atoms with E-state index in [-0.39, 0.29) is 11.9 Å². The van der Waals surface area contributed by atoms with Crippen LogP contribution in [0.2, 0.25) is 5.02 Å². The summed E-state index contributed by atoms with van der Waals surface area (Å²) in [5.74, 6) is 0.739. The van der Waals surface area contributed by atoms with Crippen LogP contribution in [0.15, 0.2) is 67.0 Å². The third-order valence-corrected chi connectivity index (χ3v) is 4.79. The molecular formula is C22H19ClN2O3. The number of amides is 1. The predicted octanol–water partition coefficient (Wildman–Crippen LogP) is 4.42. The SMILES string of the molecule is O=C(NC(c1ccccc1)c1ccncc1)c1cc(Cl)c2c(c1)OCCCO2. The number of carbonyl (C=O) groups is 1. The van der Waals surface area contributed by atoms with E-state index in [9.17, 15) is 4.79 Å². The summed E-state index contributed by atoms with van der Waals surface area (Å²) in [5.41, 5.74) is 2.33. The molecule has 2 heterocycles. The first-order chi connectivity index (χ1) is 13.7. The van der Waals surface area contributed by atoms with Gasteiger partial charge in [0.1, 0.15) is 0 Å². The van der Waals surface area contributed by atoms with Gasteiger partial charge in [-0.25, -0.2) is 0 Å². The molecular weight excluding hydrogens is 376 g/mol. The van der Waals surface area contributed by atoms with E-state index in [1.165, 1.54) is 0 Å². The number of pyridine rings is 1. The fourth-order valence-electron chi connectivity index (χ4n) is 3.14. The molecule has 6 heteroatoms. The Morgan fingerprint density at radius 3 is 2.50 bits per heavy atom. The Morgan fingerprint density at radius 2 is 1.71 bits per heavy atom. The molecule has 0 fully saturated rings. The summed E-state index contributed by atoms with van der Waals surface area (Å²) in [4.78, 5) is 17.1. The summed E-state index contributed by atoms with van der Waals surface area (Å²) in [5, 5.41) is 3.46. The van der Waals surface area contributed by atoms with Crippen molar-refractivity contribution in [1.82, 2.24) is 10.3 Å². The van der Waals surface area contributed by atoms with E-state index in [4.69, 9.17) is 21.1 Å². The van der Waals surface area contributed by atoms with Crippen molar-refractivity contribution in [1.29, 1.82) is 0 Å². The predicted molar refractivity (Wildman–Crippen MR) is 107 cm³/mol. The molecule has 5 nitrogen and oxygen atoms in total. The van der Waals surface area contributed by atoms with Crippen LogP contribution in [0.5, 0.6) is 11.5 Å². The Hall–Kier alpha value is -3.05. The van der Waals surface area contributed by atoms with Crippen molar-refractivity contribution in [2.24, 2.45) is 0 Å². The van der Waals surface area contributed by atoms with Crippen LogP contribution < -0.4 is 14.8 Å². The number of hydrogen-bond donors (Lipinski definition) is 1. The zero-order valence-corrected chi connectivity index (χ0v) is 15.9. The Balaban J connectivity index is 1.65. The molecule has 1 aliphatic rings. The number of fused-ring (bicyclic) bond motifs is 1. The zero-order chi connectivity index (χ0) is 19.3. The highest BCUT2D eigenvalue weighted by atomic mass is 35.5. The van der Waals surface area contributed by atoms with E-state index in [0.29, 0.717) is 35.3 Å². The summed E-state index contributed by atoms with van der Waals surface area (Å²) >= 11 is 6.34. The van der Waals surface area contributed by atoms with Gasteiger partial charge in [-0.1, -0.05) is 41.9 Å². The molecule has 28 heavy (non-hydrogen) atoms. The van der Waals surface area contributed by atoms with Crippen LogP contribution in [0.3, 0.4) is 0 Å². The largest absolute Gasteiger partial charge is 0.489 e. The normalized spacial score (nSPS) is 14.0. The Labute approximate surface area is 168 Å². The van der Waals surface area contributed by atoms with Crippen LogP contribution in [0.4, 0.5) is 0 Å². The van der Waals surface area contributed by atoms with Crippen molar-refractivity contribution in [2.45, 2.75) is 12.5 Å². The maximum atomic E-state index is 13.0. The molecule has 1 aromatic heterocycles. The van der Waals surface area contributed by atoms with Crippen molar-refractivity contribution < 1.29 is 14.3 Å². The summed E-state index contributed by atoms with van der Waals surface area (Å²) in [7, 11) is 0. The molecule has 3 aromatic rings. The number of halogens is 1. The van der Waals surface area contributed by atoms with Crippen LogP contribution in [-0.4, -0.2) is 24.1 Å². The monoisotopic (exact) mass is 394 g/mol. The van der Waals surface area contributed by atoms with Crippen LogP contribution in [-0.2, 0) is 0 Å². The highest BCUT2D eigenvalue weighted by Gasteiger charge is 2.21. The van der Waals surface area contributed by atoms with Crippen molar-refractivity contribution in [3.05, 3.63) is 88.7 Å². The van der Waals surface area contributed by atoms with E-state index >= 15 is 0 Å². The van der Waals surface area contributed by atoms with Gasteiger partial charge < -0.3 is 14.8 Å². The highest BCUT2D eigenvalue weighted by Crippen LogP contribution is 2.38. The topological polar surface area (TPSA) is 60.5 Å². The van der Waals surface area contributed by atoms with Crippen LogP contribution in [0, 0.1) is 0 Å². The van der Waals surface area contributed by atoms with Gasteiger partial charge in [0.25, 0.3) is 5.91 Å². The molecule has 0 spiro atoms. The molecule has 142 valence electrons. The van der Waals surface area contributed by atoms with Crippen molar-refractivity contribution >= 4 is 17.5 Å². The third-order valence-electron chi connectivity index (χ3n) is 4.51. The fourth-order valence-corrected chi connectivity index (χ4v) is 3.40. The van der Waals surface area contributed by atoms with Crippen LogP contribution in [0.1, 0.15) is 33.9 Å². The zero-order valence-electron chi connectivity index (χ0n) is 15.1. The second-order valence-corrected chi connectivity index (χ2v) is 6.84. The number of nitrogens with zero attached hydrogens (tertiary/aromatic N) is 1. The van der Waals surface area contributed by atoms with Gasteiger partial charge in [0.15, 0.2) is 11.5 Å². The molecule has 0 saturated heterocycles. The number of rotatable bonds is 4. The number of hydrogen-bond acceptors (Lipinski definition) is 4. The fraction of sp³-hybridized carbons (Fsp3) is 0.182. The summed E-state index contributed by atoms with van der Waals surface area (Å²) in [6, 6.07) is 16.5. The minimum absolute atomic E-state index is 0.247.